The van der Waals surface area contributed by atoms with Crippen LogP contribution in [0.3, 0.4) is 0 Å². The van der Waals surface area contributed by atoms with E-state index in [1.807, 2.05) is 61.5 Å². The van der Waals surface area contributed by atoms with Gasteiger partial charge < -0.3 is 11.1 Å². The lowest BCUT2D eigenvalue weighted by molar-refractivity contribution is -0.123. The van der Waals surface area contributed by atoms with Gasteiger partial charge in [-0.3, -0.25) is 4.79 Å². The summed E-state index contributed by atoms with van der Waals surface area (Å²) in [7, 11) is 0. The molecule has 0 aromatic heterocycles. The number of carbonyl (C=O) groups is 1. The number of nitrogens with one attached hydrogen (secondary N) is 1. The van der Waals surface area contributed by atoms with Crippen LogP contribution in [0.25, 0.3) is 0 Å². The normalized spacial score (nSPS) is 13.6. The van der Waals surface area contributed by atoms with Gasteiger partial charge in [0.2, 0.25) is 5.91 Å². The summed E-state index contributed by atoms with van der Waals surface area (Å²) in [4.78, 5) is 12.2. The number of halogens is 1. The van der Waals surface area contributed by atoms with Crippen LogP contribution in [0.2, 0.25) is 0 Å². The van der Waals surface area contributed by atoms with Crippen molar-refractivity contribution in [3.63, 3.8) is 0 Å². The van der Waals surface area contributed by atoms with Crippen LogP contribution in [0.15, 0.2) is 59.1 Å². The first-order valence-corrected chi connectivity index (χ1v) is 7.23. The quantitative estimate of drug-likeness (QED) is 0.902. The number of hydrogen-bond acceptors (Lipinski definition) is 2. The lowest BCUT2D eigenvalue weighted by Crippen LogP contribution is -2.35. The fourth-order valence-electron chi connectivity index (χ4n) is 1.97. The Hall–Kier alpha value is -1.65. The number of carbonyl (C=O) groups excluding carboxylic acids is 1. The monoisotopic (exact) mass is 332 g/mol. The lowest BCUT2D eigenvalue weighted by atomic mass is 10.1. The molecule has 0 fully saturated rings. The summed E-state index contributed by atoms with van der Waals surface area (Å²) < 4.78 is 0.989. The van der Waals surface area contributed by atoms with Crippen molar-refractivity contribution < 1.29 is 4.79 Å². The van der Waals surface area contributed by atoms with Crippen LogP contribution in [-0.2, 0) is 4.79 Å². The predicted octanol–water partition coefficient (Wildman–Crippen LogP) is 3.33. The largest absolute Gasteiger partial charge is 0.348 e. The van der Waals surface area contributed by atoms with Crippen LogP contribution in [-0.4, -0.2) is 5.91 Å². The first kappa shape index (κ1) is 14.8. The summed E-state index contributed by atoms with van der Waals surface area (Å²) in [5.74, 6) is -0.177. The molecule has 4 heteroatoms. The summed E-state index contributed by atoms with van der Waals surface area (Å²) in [6.07, 6.45) is 0. The van der Waals surface area contributed by atoms with E-state index < -0.39 is 6.04 Å². The fraction of sp³-hybridized carbons (Fsp3) is 0.188. The third kappa shape index (κ3) is 3.68. The molecule has 2 rings (SSSR count). The molecule has 0 aliphatic heterocycles. The van der Waals surface area contributed by atoms with Crippen molar-refractivity contribution in [2.45, 2.75) is 19.0 Å². The summed E-state index contributed by atoms with van der Waals surface area (Å²) in [5.41, 5.74) is 7.82. The van der Waals surface area contributed by atoms with E-state index in [0.717, 1.165) is 15.6 Å². The van der Waals surface area contributed by atoms with Gasteiger partial charge in [0.15, 0.2) is 0 Å². The Morgan fingerprint density at radius 1 is 1.10 bits per heavy atom. The zero-order valence-corrected chi connectivity index (χ0v) is 12.8. The van der Waals surface area contributed by atoms with Crippen LogP contribution in [0, 0.1) is 0 Å². The Labute approximate surface area is 127 Å². The smallest absolute Gasteiger partial charge is 0.241 e. The van der Waals surface area contributed by atoms with E-state index >= 15 is 0 Å². The molecule has 3 nitrogen and oxygen atoms in total. The number of hydrogen-bond donors (Lipinski definition) is 2. The summed E-state index contributed by atoms with van der Waals surface area (Å²) in [6, 6.07) is 16.5. The van der Waals surface area contributed by atoms with Crippen molar-refractivity contribution in [1.82, 2.24) is 5.32 Å². The SMILES string of the molecule is C[C@@H](NC(=O)[C@@H](N)c1ccccc1)c1cccc(Br)c1. The number of rotatable bonds is 4. The average molecular weight is 333 g/mol. The molecule has 2 aromatic carbocycles. The van der Waals surface area contributed by atoms with Crippen LogP contribution >= 0.6 is 15.9 Å². The van der Waals surface area contributed by atoms with Crippen molar-refractivity contribution in [2.24, 2.45) is 5.73 Å². The van der Waals surface area contributed by atoms with Gasteiger partial charge in [0.1, 0.15) is 6.04 Å². The highest BCUT2D eigenvalue weighted by Gasteiger charge is 2.18. The molecule has 2 atom stereocenters. The zero-order chi connectivity index (χ0) is 14.5. The minimum atomic E-state index is -0.647. The Bertz CT molecular complexity index is 586. The van der Waals surface area contributed by atoms with E-state index in [4.69, 9.17) is 5.73 Å². The van der Waals surface area contributed by atoms with E-state index in [-0.39, 0.29) is 11.9 Å². The average Bonchev–Trinajstić information content (AvgIpc) is 2.47. The molecule has 0 heterocycles. The second-order valence-electron chi connectivity index (χ2n) is 4.67. The van der Waals surface area contributed by atoms with E-state index in [9.17, 15) is 4.79 Å². The highest BCUT2D eigenvalue weighted by Crippen LogP contribution is 2.19. The highest BCUT2D eigenvalue weighted by molar-refractivity contribution is 9.10. The number of benzene rings is 2. The molecule has 1 amide bonds. The van der Waals surface area contributed by atoms with Gasteiger partial charge in [0.05, 0.1) is 6.04 Å². The Morgan fingerprint density at radius 2 is 1.75 bits per heavy atom. The second-order valence-corrected chi connectivity index (χ2v) is 5.59. The first-order chi connectivity index (χ1) is 9.58. The second kappa shape index (κ2) is 6.68. The highest BCUT2D eigenvalue weighted by atomic mass is 79.9. The first-order valence-electron chi connectivity index (χ1n) is 6.44. The lowest BCUT2D eigenvalue weighted by Gasteiger charge is -2.18. The molecular weight excluding hydrogens is 316 g/mol. The standard InChI is InChI=1S/C16H17BrN2O/c1-11(13-8-5-9-14(17)10-13)19-16(20)15(18)12-6-3-2-4-7-12/h2-11,15H,18H2,1H3,(H,19,20)/t11-,15+/m1/s1. The van der Waals surface area contributed by atoms with Gasteiger partial charge in [-0.15, -0.1) is 0 Å². The molecule has 0 spiro atoms. The molecular formula is C16H17BrN2O. The van der Waals surface area contributed by atoms with E-state index in [0.29, 0.717) is 0 Å². The molecule has 104 valence electrons. The summed E-state index contributed by atoms with van der Waals surface area (Å²) in [5, 5.41) is 2.94. The number of amides is 1. The van der Waals surface area contributed by atoms with E-state index in [2.05, 4.69) is 21.2 Å². The van der Waals surface area contributed by atoms with E-state index in [1.165, 1.54) is 0 Å². The molecule has 0 aliphatic carbocycles. The Morgan fingerprint density at radius 3 is 2.40 bits per heavy atom. The van der Waals surface area contributed by atoms with Crippen molar-refractivity contribution in [1.29, 1.82) is 0 Å². The summed E-state index contributed by atoms with van der Waals surface area (Å²) in [6.45, 7) is 1.94. The maximum atomic E-state index is 12.2. The minimum Gasteiger partial charge on any atom is -0.348 e. The van der Waals surface area contributed by atoms with Crippen LogP contribution < -0.4 is 11.1 Å². The van der Waals surface area contributed by atoms with Crippen molar-refractivity contribution >= 4 is 21.8 Å². The fourth-order valence-corrected chi connectivity index (χ4v) is 2.39. The minimum absolute atomic E-state index is 0.0882. The Balaban J connectivity index is 2.04. The number of nitrogens with two attached hydrogens (primary N) is 1. The maximum absolute atomic E-state index is 12.2. The maximum Gasteiger partial charge on any atom is 0.241 e. The Kier molecular flexibility index (Phi) is 4.93. The molecule has 0 unspecified atom stereocenters. The van der Waals surface area contributed by atoms with Crippen LogP contribution in [0.5, 0.6) is 0 Å². The molecule has 2 aromatic rings. The van der Waals surface area contributed by atoms with Crippen LogP contribution in [0.4, 0.5) is 0 Å². The molecule has 0 saturated heterocycles. The third-order valence-electron chi connectivity index (χ3n) is 3.15. The molecule has 0 saturated carbocycles. The molecule has 20 heavy (non-hydrogen) atoms. The molecule has 0 aliphatic rings. The van der Waals surface area contributed by atoms with Gasteiger partial charge in [-0.25, -0.2) is 0 Å². The van der Waals surface area contributed by atoms with Gasteiger partial charge >= 0.3 is 0 Å². The van der Waals surface area contributed by atoms with Gasteiger partial charge in [0.25, 0.3) is 0 Å². The molecule has 0 bridgehead atoms. The topological polar surface area (TPSA) is 55.1 Å². The third-order valence-corrected chi connectivity index (χ3v) is 3.64. The van der Waals surface area contributed by atoms with Crippen LogP contribution in [0.1, 0.15) is 30.1 Å². The summed E-state index contributed by atoms with van der Waals surface area (Å²) >= 11 is 3.42. The van der Waals surface area contributed by atoms with E-state index in [1.54, 1.807) is 0 Å². The van der Waals surface area contributed by atoms with Gasteiger partial charge in [0, 0.05) is 4.47 Å². The van der Waals surface area contributed by atoms with Crippen molar-refractivity contribution in [3.8, 4) is 0 Å². The zero-order valence-electron chi connectivity index (χ0n) is 11.2. The van der Waals surface area contributed by atoms with Crippen molar-refractivity contribution in [2.75, 3.05) is 0 Å². The van der Waals surface area contributed by atoms with Gasteiger partial charge in [-0.2, -0.15) is 0 Å². The van der Waals surface area contributed by atoms with Gasteiger partial charge in [-0.1, -0.05) is 58.4 Å². The van der Waals surface area contributed by atoms with Gasteiger partial charge in [-0.05, 0) is 30.2 Å². The molecule has 0 radical (unpaired) electrons. The van der Waals surface area contributed by atoms with Crippen molar-refractivity contribution in [3.05, 3.63) is 70.2 Å². The molecule has 3 N–H and O–H groups in total. The predicted molar refractivity (Wildman–Crippen MR) is 84.1 cm³/mol.